The van der Waals surface area contributed by atoms with E-state index in [1.165, 1.54) is 5.06 Å². The van der Waals surface area contributed by atoms with Crippen molar-refractivity contribution < 1.29 is 13.6 Å². The van der Waals surface area contributed by atoms with Gasteiger partial charge in [0.05, 0.1) is 10.4 Å². The number of hydrogen-bond donors (Lipinski definition) is 2. The lowest BCUT2D eigenvalue weighted by Crippen LogP contribution is -2.71. The van der Waals surface area contributed by atoms with Gasteiger partial charge in [-0.2, -0.15) is 5.06 Å². The number of fused-ring (bicyclic) bond motifs is 1. The highest BCUT2D eigenvalue weighted by atomic mass is 32.2. The van der Waals surface area contributed by atoms with Gasteiger partial charge in [-0.05, 0) is 46.2 Å². The van der Waals surface area contributed by atoms with Gasteiger partial charge in [0.2, 0.25) is 0 Å². The van der Waals surface area contributed by atoms with Crippen molar-refractivity contribution in [1.82, 2.24) is 5.06 Å². The summed E-state index contributed by atoms with van der Waals surface area (Å²) < 4.78 is 27.7. The summed E-state index contributed by atoms with van der Waals surface area (Å²) in [5, 5.41) is 12.6. The van der Waals surface area contributed by atoms with Crippen LogP contribution in [0.25, 0.3) is 10.8 Å². The number of benzene rings is 2. The van der Waals surface area contributed by atoms with Crippen LogP contribution in [0.4, 0.5) is 5.69 Å². The molecule has 1 heterocycles. The monoisotopic (exact) mass is 405 g/mol. The van der Waals surface area contributed by atoms with Crippen LogP contribution in [0, 0.1) is 0 Å². The van der Waals surface area contributed by atoms with Crippen molar-refractivity contribution in [3.8, 4) is 0 Å². The van der Waals surface area contributed by atoms with Crippen molar-refractivity contribution in [1.29, 1.82) is 0 Å². The summed E-state index contributed by atoms with van der Waals surface area (Å²) in [6.07, 6.45) is 0.380. The first-order valence-electron chi connectivity index (χ1n) is 9.49. The molecule has 0 aliphatic carbocycles. The molecular weight excluding hydrogens is 374 g/mol. The molecule has 0 spiro atoms. The van der Waals surface area contributed by atoms with E-state index in [1.54, 1.807) is 26.0 Å². The molecule has 0 bridgehead atoms. The van der Waals surface area contributed by atoms with Gasteiger partial charge < -0.3 is 15.8 Å². The molecule has 0 aromatic heterocycles. The molecule has 6 nitrogen and oxygen atoms in total. The van der Waals surface area contributed by atoms with E-state index in [0.717, 1.165) is 11.1 Å². The van der Waals surface area contributed by atoms with Crippen molar-refractivity contribution in [2.24, 2.45) is 5.73 Å². The lowest BCUT2D eigenvalue weighted by atomic mass is 9.79. The van der Waals surface area contributed by atoms with Crippen LogP contribution < -0.4 is 10.6 Å². The van der Waals surface area contributed by atoms with Crippen LogP contribution in [0.2, 0.25) is 0 Å². The van der Waals surface area contributed by atoms with Crippen molar-refractivity contribution in [2.45, 2.75) is 61.4 Å². The first-order valence-corrected chi connectivity index (χ1v) is 11.0. The van der Waals surface area contributed by atoms with Gasteiger partial charge in [-0.3, -0.25) is 0 Å². The Bertz CT molecular complexity index is 999. The Balaban J connectivity index is 2.23. The highest BCUT2D eigenvalue weighted by molar-refractivity contribution is 7.92. The third-order valence-corrected chi connectivity index (χ3v) is 8.49. The topological polar surface area (TPSA) is 86.9 Å². The van der Waals surface area contributed by atoms with Gasteiger partial charge in [0.1, 0.15) is 5.25 Å². The quantitative estimate of drug-likeness (QED) is 0.816. The average Bonchev–Trinajstić information content (AvgIpc) is 2.57. The fourth-order valence-corrected chi connectivity index (χ4v) is 7.29. The summed E-state index contributed by atoms with van der Waals surface area (Å²) in [6.45, 7) is 7.23. The zero-order valence-electron chi connectivity index (χ0n) is 17.5. The van der Waals surface area contributed by atoms with Crippen LogP contribution in [-0.2, 0) is 9.84 Å². The fourth-order valence-electron chi connectivity index (χ4n) is 4.84. The predicted octanol–water partition coefficient (Wildman–Crippen LogP) is 3.03. The van der Waals surface area contributed by atoms with Crippen LogP contribution in [0.3, 0.4) is 0 Å². The number of piperidine rings is 1. The van der Waals surface area contributed by atoms with Gasteiger partial charge in [0.15, 0.2) is 9.84 Å². The number of nitrogens with two attached hydrogens (primary N) is 1. The molecule has 1 aliphatic heterocycles. The standard InChI is InChI=1S/C21H31N3O3S/c1-20(2)13-16(22)19(21(3,4)24(20)25)28(26,27)18-12-8-9-14-15(18)10-7-11-17(14)23(5)6/h7-12,16,19,25H,13,22H2,1-6H3. The summed E-state index contributed by atoms with van der Waals surface area (Å²) >= 11 is 0. The average molecular weight is 406 g/mol. The Hall–Kier alpha value is -1.67. The van der Waals surface area contributed by atoms with Crippen LogP contribution >= 0.6 is 0 Å². The van der Waals surface area contributed by atoms with Crippen LogP contribution in [0.5, 0.6) is 0 Å². The zero-order valence-corrected chi connectivity index (χ0v) is 18.3. The van der Waals surface area contributed by atoms with Crippen molar-refractivity contribution >= 4 is 26.3 Å². The number of rotatable bonds is 3. The predicted molar refractivity (Wildman–Crippen MR) is 114 cm³/mol. The lowest BCUT2D eigenvalue weighted by molar-refractivity contribution is -0.242. The molecule has 2 aromatic rings. The second kappa shape index (κ2) is 6.69. The van der Waals surface area contributed by atoms with E-state index in [-0.39, 0.29) is 4.90 Å². The molecular formula is C21H31N3O3S. The summed E-state index contributed by atoms with van der Waals surface area (Å²) in [6, 6.07) is 10.4. The molecule has 0 amide bonds. The summed E-state index contributed by atoms with van der Waals surface area (Å²) in [5.41, 5.74) is 5.72. The van der Waals surface area contributed by atoms with Gasteiger partial charge in [-0.1, -0.05) is 24.3 Å². The molecule has 28 heavy (non-hydrogen) atoms. The van der Waals surface area contributed by atoms with Gasteiger partial charge in [0.25, 0.3) is 0 Å². The van der Waals surface area contributed by atoms with E-state index in [2.05, 4.69) is 0 Å². The van der Waals surface area contributed by atoms with Crippen LogP contribution in [0.15, 0.2) is 41.3 Å². The Morgan fingerprint density at radius 3 is 2.25 bits per heavy atom. The second-order valence-corrected chi connectivity index (χ2v) is 11.2. The largest absolute Gasteiger partial charge is 0.377 e. The summed E-state index contributed by atoms with van der Waals surface area (Å²) in [7, 11) is 0.0485. The van der Waals surface area contributed by atoms with E-state index in [0.29, 0.717) is 11.8 Å². The van der Waals surface area contributed by atoms with Gasteiger partial charge in [-0.15, -0.1) is 0 Å². The number of sulfone groups is 1. The van der Waals surface area contributed by atoms with E-state index < -0.39 is 32.2 Å². The zero-order chi connectivity index (χ0) is 21.1. The molecule has 3 rings (SSSR count). The Labute approximate surface area is 167 Å². The SMILES string of the molecule is CN(C)c1cccc2c(S(=O)(=O)C3C(N)CC(C)(C)N(O)C3(C)C)cccc12. The maximum atomic E-state index is 13.8. The minimum atomic E-state index is -3.82. The molecule has 2 unspecified atom stereocenters. The Kier molecular flexibility index (Phi) is 5.03. The van der Waals surface area contributed by atoms with Gasteiger partial charge >= 0.3 is 0 Å². The van der Waals surface area contributed by atoms with E-state index in [1.807, 2.05) is 57.1 Å². The normalized spacial score (nSPS) is 25.0. The molecule has 1 aliphatic rings. The van der Waals surface area contributed by atoms with E-state index in [9.17, 15) is 13.6 Å². The van der Waals surface area contributed by atoms with Gasteiger partial charge in [0, 0.05) is 42.1 Å². The minimum absolute atomic E-state index is 0.260. The second-order valence-electron chi connectivity index (χ2n) is 9.13. The van der Waals surface area contributed by atoms with Gasteiger partial charge in [-0.25, -0.2) is 8.42 Å². The minimum Gasteiger partial charge on any atom is -0.377 e. The van der Waals surface area contributed by atoms with Crippen molar-refractivity contribution in [3.63, 3.8) is 0 Å². The molecule has 7 heteroatoms. The maximum absolute atomic E-state index is 13.8. The Morgan fingerprint density at radius 2 is 1.64 bits per heavy atom. The molecule has 154 valence electrons. The molecule has 0 radical (unpaired) electrons. The first kappa shape index (κ1) is 21.0. The van der Waals surface area contributed by atoms with Crippen LogP contribution in [0.1, 0.15) is 34.1 Å². The summed E-state index contributed by atoms with van der Waals surface area (Å²) in [5.74, 6) is 0. The van der Waals surface area contributed by atoms with E-state index in [4.69, 9.17) is 5.73 Å². The molecule has 1 fully saturated rings. The number of anilines is 1. The fraction of sp³-hybridized carbons (Fsp3) is 0.524. The molecule has 1 saturated heterocycles. The molecule has 0 saturated carbocycles. The molecule has 3 N–H and O–H groups in total. The molecule has 2 atom stereocenters. The summed E-state index contributed by atoms with van der Waals surface area (Å²) in [4.78, 5) is 2.22. The van der Waals surface area contributed by atoms with Crippen molar-refractivity contribution in [2.75, 3.05) is 19.0 Å². The van der Waals surface area contributed by atoms with Crippen molar-refractivity contribution in [3.05, 3.63) is 36.4 Å². The highest BCUT2D eigenvalue weighted by Gasteiger charge is 2.56. The van der Waals surface area contributed by atoms with Crippen LogP contribution in [-0.4, -0.2) is 55.2 Å². The lowest BCUT2D eigenvalue weighted by Gasteiger charge is -2.54. The Morgan fingerprint density at radius 1 is 1.07 bits per heavy atom. The van der Waals surface area contributed by atoms with E-state index >= 15 is 0 Å². The highest BCUT2D eigenvalue weighted by Crippen LogP contribution is 2.42. The number of hydroxylamine groups is 2. The number of nitrogens with zero attached hydrogens (tertiary/aromatic N) is 2. The first-order chi connectivity index (χ1) is 12.8. The third-order valence-electron chi connectivity index (χ3n) is 5.92. The molecule has 2 aromatic carbocycles. The smallest absolute Gasteiger partial charge is 0.185 e. The maximum Gasteiger partial charge on any atom is 0.185 e. The third kappa shape index (κ3) is 3.10. The number of hydrogen-bond acceptors (Lipinski definition) is 6.